The van der Waals surface area contributed by atoms with Crippen LogP contribution in [0.5, 0.6) is 0 Å². The monoisotopic (exact) mass is 276 g/mol. The number of nitrogens with zero attached hydrogens (tertiary/aromatic N) is 2. The zero-order valence-electron chi connectivity index (χ0n) is 12.4. The van der Waals surface area contributed by atoms with Crippen LogP contribution in [0.2, 0.25) is 0 Å². The van der Waals surface area contributed by atoms with Crippen LogP contribution in [0.4, 0.5) is 0 Å². The first-order valence-electron chi connectivity index (χ1n) is 7.79. The maximum Gasteiger partial charge on any atom is 0.235 e. The molecule has 0 saturated heterocycles. The van der Waals surface area contributed by atoms with Crippen molar-refractivity contribution in [2.75, 3.05) is 0 Å². The fourth-order valence-electron chi connectivity index (χ4n) is 4.44. The molecule has 4 nitrogen and oxygen atoms in total. The van der Waals surface area contributed by atoms with Gasteiger partial charge in [0.05, 0.1) is 12.1 Å². The van der Waals surface area contributed by atoms with E-state index in [1.807, 2.05) is 0 Å². The van der Waals surface area contributed by atoms with Crippen LogP contribution in [0, 0.1) is 23.7 Å². The number of aliphatic imine (C=N–C) groups is 2. The second kappa shape index (κ2) is 6.97. The minimum Gasteiger partial charge on any atom is -0.211 e. The van der Waals surface area contributed by atoms with Crippen molar-refractivity contribution in [3.8, 4) is 0 Å². The summed E-state index contributed by atoms with van der Waals surface area (Å²) in [6, 6.07) is 0.370. The Morgan fingerprint density at radius 3 is 1.45 bits per heavy atom. The first kappa shape index (κ1) is 15.2. The molecule has 0 aromatic carbocycles. The van der Waals surface area contributed by atoms with E-state index in [2.05, 4.69) is 23.8 Å². The number of carbonyl (C=O) groups excluding carboxylic acids is 2. The molecule has 110 valence electrons. The van der Waals surface area contributed by atoms with Gasteiger partial charge in [-0.1, -0.05) is 13.8 Å². The van der Waals surface area contributed by atoms with Gasteiger partial charge in [0.1, 0.15) is 0 Å². The average Bonchev–Trinajstić information content (AvgIpc) is 2.41. The Hall–Kier alpha value is -1.24. The summed E-state index contributed by atoms with van der Waals surface area (Å²) in [6.45, 7) is 4.58. The molecule has 2 aliphatic carbocycles. The third-order valence-electron chi connectivity index (χ3n) is 5.44. The van der Waals surface area contributed by atoms with E-state index in [4.69, 9.17) is 0 Å². The van der Waals surface area contributed by atoms with Gasteiger partial charge in [0.2, 0.25) is 12.2 Å². The second-order valence-corrected chi connectivity index (χ2v) is 6.66. The molecule has 6 unspecified atom stereocenters. The Labute approximate surface area is 120 Å². The van der Waals surface area contributed by atoms with Gasteiger partial charge in [-0.15, -0.1) is 0 Å². The summed E-state index contributed by atoms with van der Waals surface area (Å²) in [5.74, 6) is 2.68. The van der Waals surface area contributed by atoms with Gasteiger partial charge in [-0.2, -0.15) is 0 Å². The quantitative estimate of drug-likeness (QED) is 0.586. The highest BCUT2D eigenvalue weighted by molar-refractivity contribution is 5.34. The molecule has 2 rings (SSSR count). The van der Waals surface area contributed by atoms with Gasteiger partial charge in [-0.25, -0.2) is 19.6 Å². The Morgan fingerprint density at radius 1 is 0.750 bits per heavy atom. The lowest BCUT2D eigenvalue weighted by Gasteiger charge is -2.43. The molecule has 2 aliphatic rings. The van der Waals surface area contributed by atoms with Crippen molar-refractivity contribution >= 4 is 12.2 Å². The summed E-state index contributed by atoms with van der Waals surface area (Å²) in [6.07, 6.45) is 9.80. The van der Waals surface area contributed by atoms with E-state index in [0.29, 0.717) is 11.8 Å². The third kappa shape index (κ3) is 3.45. The Morgan fingerprint density at radius 2 is 1.15 bits per heavy atom. The summed E-state index contributed by atoms with van der Waals surface area (Å²) in [7, 11) is 0. The van der Waals surface area contributed by atoms with Gasteiger partial charge < -0.3 is 0 Å². The number of hydrogen-bond donors (Lipinski definition) is 0. The zero-order valence-corrected chi connectivity index (χ0v) is 12.4. The SMILES string of the molecule is CC1CC(N=C=O)CCC1C1CCC(N=C=O)CC1C. The van der Waals surface area contributed by atoms with Crippen molar-refractivity contribution in [3.05, 3.63) is 0 Å². The largest absolute Gasteiger partial charge is 0.235 e. The van der Waals surface area contributed by atoms with Crippen LogP contribution in [0.15, 0.2) is 9.98 Å². The standard InChI is InChI=1S/C16H24N2O2/c1-11-7-13(17-9-19)3-5-15(11)16-6-4-14(18-10-20)8-12(16)2/h11-16H,3-8H2,1-2H3. The normalized spacial score (nSPS) is 41.3. The van der Waals surface area contributed by atoms with Gasteiger partial charge in [-0.05, 0) is 62.2 Å². The van der Waals surface area contributed by atoms with Crippen LogP contribution in [0.25, 0.3) is 0 Å². The smallest absolute Gasteiger partial charge is 0.211 e. The van der Waals surface area contributed by atoms with Crippen LogP contribution >= 0.6 is 0 Å². The highest BCUT2D eigenvalue weighted by Gasteiger charge is 2.38. The molecular formula is C16H24N2O2. The van der Waals surface area contributed by atoms with Crippen molar-refractivity contribution in [3.63, 3.8) is 0 Å². The predicted octanol–water partition coefficient (Wildman–Crippen LogP) is 3.27. The summed E-state index contributed by atoms with van der Waals surface area (Å²) in [4.78, 5) is 28.6. The molecule has 20 heavy (non-hydrogen) atoms. The van der Waals surface area contributed by atoms with E-state index >= 15 is 0 Å². The summed E-state index contributed by atoms with van der Waals surface area (Å²) < 4.78 is 0. The van der Waals surface area contributed by atoms with Crippen LogP contribution in [0.3, 0.4) is 0 Å². The van der Waals surface area contributed by atoms with Crippen molar-refractivity contribution < 1.29 is 9.59 Å². The zero-order chi connectivity index (χ0) is 14.5. The van der Waals surface area contributed by atoms with Crippen molar-refractivity contribution in [1.29, 1.82) is 0 Å². The number of hydrogen-bond acceptors (Lipinski definition) is 4. The first-order valence-corrected chi connectivity index (χ1v) is 7.79. The van der Waals surface area contributed by atoms with E-state index < -0.39 is 0 Å². The fraction of sp³-hybridized carbons (Fsp3) is 0.875. The molecule has 4 heteroatoms. The van der Waals surface area contributed by atoms with E-state index in [0.717, 1.165) is 50.4 Å². The van der Waals surface area contributed by atoms with E-state index in [1.54, 1.807) is 12.2 Å². The molecule has 0 bridgehead atoms. The Balaban J connectivity index is 1.95. The molecule has 2 saturated carbocycles. The molecular weight excluding hydrogens is 252 g/mol. The lowest BCUT2D eigenvalue weighted by molar-refractivity contribution is 0.0850. The molecule has 0 N–H and O–H groups in total. The number of rotatable bonds is 3. The predicted molar refractivity (Wildman–Crippen MR) is 76.8 cm³/mol. The first-order chi connectivity index (χ1) is 9.65. The Bertz CT molecular complexity index is 384. The maximum absolute atomic E-state index is 10.4. The van der Waals surface area contributed by atoms with Crippen LogP contribution in [-0.4, -0.2) is 24.2 Å². The van der Waals surface area contributed by atoms with E-state index in [-0.39, 0.29) is 12.1 Å². The maximum atomic E-state index is 10.4. The van der Waals surface area contributed by atoms with Gasteiger partial charge in [0.15, 0.2) is 0 Å². The average molecular weight is 276 g/mol. The molecule has 0 spiro atoms. The summed E-state index contributed by atoms with van der Waals surface area (Å²) in [5, 5.41) is 0. The van der Waals surface area contributed by atoms with Crippen LogP contribution < -0.4 is 0 Å². The van der Waals surface area contributed by atoms with E-state index in [9.17, 15) is 9.59 Å². The van der Waals surface area contributed by atoms with Gasteiger partial charge in [0, 0.05) is 0 Å². The summed E-state index contributed by atoms with van der Waals surface area (Å²) >= 11 is 0. The third-order valence-corrected chi connectivity index (χ3v) is 5.44. The van der Waals surface area contributed by atoms with Gasteiger partial charge in [0.25, 0.3) is 0 Å². The highest BCUT2D eigenvalue weighted by atomic mass is 16.1. The lowest BCUT2D eigenvalue weighted by Crippen LogP contribution is -2.37. The van der Waals surface area contributed by atoms with Gasteiger partial charge in [-0.3, -0.25) is 0 Å². The molecule has 0 radical (unpaired) electrons. The molecule has 0 aliphatic heterocycles. The highest BCUT2D eigenvalue weighted by Crippen LogP contribution is 2.44. The van der Waals surface area contributed by atoms with Crippen molar-refractivity contribution in [2.45, 2.75) is 64.5 Å². The lowest BCUT2D eigenvalue weighted by atomic mass is 9.63. The fourth-order valence-corrected chi connectivity index (χ4v) is 4.44. The van der Waals surface area contributed by atoms with Gasteiger partial charge >= 0.3 is 0 Å². The van der Waals surface area contributed by atoms with Crippen LogP contribution in [0.1, 0.15) is 52.4 Å². The van der Waals surface area contributed by atoms with Crippen LogP contribution in [-0.2, 0) is 9.59 Å². The van der Waals surface area contributed by atoms with E-state index in [1.165, 1.54) is 0 Å². The molecule has 2 fully saturated rings. The van der Waals surface area contributed by atoms with Crippen molar-refractivity contribution in [1.82, 2.24) is 0 Å². The Kier molecular flexibility index (Phi) is 5.28. The van der Waals surface area contributed by atoms with Crippen molar-refractivity contribution in [2.24, 2.45) is 33.7 Å². The molecule has 0 amide bonds. The minimum absolute atomic E-state index is 0.185. The summed E-state index contributed by atoms with van der Waals surface area (Å²) in [5.41, 5.74) is 0. The number of isocyanates is 2. The molecule has 6 atom stereocenters. The minimum atomic E-state index is 0.185. The second-order valence-electron chi connectivity index (χ2n) is 6.66. The topological polar surface area (TPSA) is 58.9 Å². The molecule has 0 heterocycles. The molecule has 0 aromatic heterocycles. The molecule has 0 aromatic rings.